The van der Waals surface area contributed by atoms with Gasteiger partial charge in [-0.15, -0.1) is 0 Å². The van der Waals surface area contributed by atoms with Crippen molar-refractivity contribution in [2.45, 2.75) is 25.1 Å². The highest BCUT2D eigenvalue weighted by atomic mass is 35.5. The molecule has 0 unspecified atom stereocenters. The Bertz CT molecular complexity index is 963. The van der Waals surface area contributed by atoms with Crippen molar-refractivity contribution in [3.63, 3.8) is 0 Å². The van der Waals surface area contributed by atoms with Gasteiger partial charge in [-0.05, 0) is 42.7 Å². The normalized spacial score (nSPS) is 17.8. The number of piperidine rings is 1. The summed E-state index contributed by atoms with van der Waals surface area (Å²) < 4.78 is 40.1. The number of halogens is 3. The summed E-state index contributed by atoms with van der Waals surface area (Å²) in [5, 5.41) is 3.40. The highest BCUT2D eigenvalue weighted by Crippen LogP contribution is 2.29. The SMILES string of the molecule is O=C(NCc1ccc(F)cc1)[C@@H]1CCCN(S(=O)(=O)Cc2c(Cl)cccc2Cl)C1. The summed E-state index contributed by atoms with van der Waals surface area (Å²) in [6, 6.07) is 10.7. The molecule has 1 aliphatic rings. The average molecular weight is 459 g/mol. The summed E-state index contributed by atoms with van der Waals surface area (Å²) in [5.41, 5.74) is 1.13. The summed E-state index contributed by atoms with van der Waals surface area (Å²) in [6.07, 6.45) is 1.19. The molecule has 156 valence electrons. The van der Waals surface area contributed by atoms with Crippen LogP contribution in [-0.4, -0.2) is 31.7 Å². The number of carbonyl (C=O) groups is 1. The Morgan fingerprint density at radius 1 is 1.14 bits per heavy atom. The lowest BCUT2D eigenvalue weighted by Gasteiger charge is -2.31. The van der Waals surface area contributed by atoms with Gasteiger partial charge in [0, 0.05) is 35.2 Å². The zero-order valence-electron chi connectivity index (χ0n) is 15.6. The average Bonchev–Trinajstić information content (AvgIpc) is 2.70. The second-order valence-electron chi connectivity index (χ2n) is 7.00. The van der Waals surface area contributed by atoms with Gasteiger partial charge in [0.1, 0.15) is 5.82 Å². The molecule has 1 N–H and O–H groups in total. The van der Waals surface area contributed by atoms with Crippen LogP contribution in [0.5, 0.6) is 0 Å². The van der Waals surface area contributed by atoms with Gasteiger partial charge >= 0.3 is 0 Å². The van der Waals surface area contributed by atoms with E-state index in [9.17, 15) is 17.6 Å². The lowest BCUT2D eigenvalue weighted by Crippen LogP contribution is -2.45. The number of nitrogens with one attached hydrogen (secondary N) is 1. The molecule has 1 saturated heterocycles. The van der Waals surface area contributed by atoms with E-state index in [1.54, 1.807) is 30.3 Å². The molecule has 2 aromatic rings. The van der Waals surface area contributed by atoms with E-state index in [1.165, 1.54) is 16.4 Å². The van der Waals surface area contributed by atoms with Crippen molar-refractivity contribution in [1.82, 2.24) is 9.62 Å². The highest BCUT2D eigenvalue weighted by molar-refractivity contribution is 7.88. The van der Waals surface area contributed by atoms with Crippen LogP contribution in [0.1, 0.15) is 24.0 Å². The van der Waals surface area contributed by atoms with Gasteiger partial charge in [0.05, 0.1) is 11.7 Å². The third-order valence-corrected chi connectivity index (χ3v) is 7.40. The van der Waals surface area contributed by atoms with Gasteiger partial charge in [-0.2, -0.15) is 0 Å². The van der Waals surface area contributed by atoms with Crippen molar-refractivity contribution in [3.8, 4) is 0 Å². The first-order valence-corrected chi connectivity index (χ1v) is 11.6. The zero-order chi connectivity index (χ0) is 21.0. The molecular weight excluding hydrogens is 438 g/mol. The number of benzene rings is 2. The van der Waals surface area contributed by atoms with Crippen LogP contribution >= 0.6 is 23.2 Å². The molecule has 3 rings (SSSR count). The summed E-state index contributed by atoms with van der Waals surface area (Å²) in [5.74, 6) is -1.31. The molecule has 1 heterocycles. The number of amides is 1. The van der Waals surface area contributed by atoms with Crippen molar-refractivity contribution in [3.05, 3.63) is 69.5 Å². The molecule has 29 heavy (non-hydrogen) atoms. The minimum atomic E-state index is -3.68. The van der Waals surface area contributed by atoms with E-state index in [0.29, 0.717) is 35.0 Å². The fraction of sp³-hybridized carbons (Fsp3) is 0.350. The van der Waals surface area contributed by atoms with Gasteiger partial charge in [-0.3, -0.25) is 4.79 Å². The monoisotopic (exact) mass is 458 g/mol. The van der Waals surface area contributed by atoms with Crippen molar-refractivity contribution >= 4 is 39.1 Å². The van der Waals surface area contributed by atoms with Gasteiger partial charge < -0.3 is 5.32 Å². The van der Waals surface area contributed by atoms with Gasteiger partial charge in [-0.25, -0.2) is 17.1 Å². The Balaban J connectivity index is 1.63. The van der Waals surface area contributed by atoms with Gasteiger partial charge in [-0.1, -0.05) is 41.4 Å². The molecular formula is C20H21Cl2FN2O3S. The molecule has 0 aromatic heterocycles. The Morgan fingerprint density at radius 3 is 2.45 bits per heavy atom. The summed E-state index contributed by atoms with van der Waals surface area (Å²) in [6.45, 7) is 0.726. The molecule has 1 fully saturated rings. The van der Waals surface area contributed by atoms with Gasteiger partial charge in [0.2, 0.25) is 15.9 Å². The Hall–Kier alpha value is -1.67. The molecule has 9 heteroatoms. The first-order valence-electron chi connectivity index (χ1n) is 9.19. The molecule has 1 aliphatic heterocycles. The Labute approximate surface area is 179 Å². The van der Waals surface area contributed by atoms with Crippen molar-refractivity contribution in [2.75, 3.05) is 13.1 Å². The van der Waals surface area contributed by atoms with Crippen LogP contribution in [0.4, 0.5) is 4.39 Å². The van der Waals surface area contributed by atoms with Gasteiger partial charge in [0.15, 0.2) is 0 Å². The smallest absolute Gasteiger partial charge is 0.224 e. The second-order valence-corrected chi connectivity index (χ2v) is 9.78. The zero-order valence-corrected chi connectivity index (χ0v) is 17.9. The fourth-order valence-corrected chi connectivity index (χ4v) is 5.65. The molecule has 0 spiro atoms. The van der Waals surface area contributed by atoms with E-state index in [2.05, 4.69) is 5.32 Å². The van der Waals surface area contributed by atoms with E-state index in [0.717, 1.165) is 5.56 Å². The minimum Gasteiger partial charge on any atom is -0.352 e. The molecule has 0 saturated carbocycles. The van der Waals surface area contributed by atoms with Crippen LogP contribution < -0.4 is 5.32 Å². The predicted octanol–water partition coefficient (Wildman–Crippen LogP) is 3.99. The standard InChI is InChI=1S/C20H21Cl2FN2O3S/c21-18-4-1-5-19(22)17(18)13-29(27,28)25-10-2-3-15(12-25)20(26)24-11-14-6-8-16(23)9-7-14/h1,4-9,15H,2-3,10-13H2,(H,24,26)/t15-/m1/s1. The maximum atomic E-state index is 13.0. The maximum absolute atomic E-state index is 13.0. The van der Waals surface area contributed by atoms with E-state index >= 15 is 0 Å². The van der Waals surface area contributed by atoms with Crippen LogP contribution in [0, 0.1) is 11.7 Å². The lowest BCUT2D eigenvalue weighted by atomic mass is 9.99. The topological polar surface area (TPSA) is 66.5 Å². The highest BCUT2D eigenvalue weighted by Gasteiger charge is 2.33. The van der Waals surface area contributed by atoms with E-state index < -0.39 is 15.9 Å². The van der Waals surface area contributed by atoms with E-state index in [1.807, 2.05) is 0 Å². The first-order chi connectivity index (χ1) is 13.8. The molecule has 2 aromatic carbocycles. The van der Waals surface area contributed by atoms with Crippen molar-refractivity contribution in [2.24, 2.45) is 5.92 Å². The lowest BCUT2D eigenvalue weighted by molar-refractivity contribution is -0.126. The molecule has 0 radical (unpaired) electrons. The Morgan fingerprint density at radius 2 is 1.79 bits per heavy atom. The van der Waals surface area contributed by atoms with Crippen molar-refractivity contribution in [1.29, 1.82) is 0 Å². The summed E-state index contributed by atoms with van der Waals surface area (Å²) in [4.78, 5) is 12.5. The van der Waals surface area contributed by atoms with Gasteiger partial charge in [0.25, 0.3) is 0 Å². The van der Waals surface area contributed by atoms with E-state index in [-0.39, 0.29) is 30.6 Å². The molecule has 1 atom stereocenters. The first kappa shape index (κ1) is 22.0. The van der Waals surface area contributed by atoms with Crippen molar-refractivity contribution < 1.29 is 17.6 Å². The number of nitrogens with zero attached hydrogens (tertiary/aromatic N) is 1. The predicted molar refractivity (Wildman–Crippen MR) is 112 cm³/mol. The second kappa shape index (κ2) is 9.43. The number of hydrogen-bond donors (Lipinski definition) is 1. The van der Waals surface area contributed by atoms with Crippen LogP contribution in [0.15, 0.2) is 42.5 Å². The number of carbonyl (C=O) groups excluding carboxylic acids is 1. The molecule has 5 nitrogen and oxygen atoms in total. The minimum absolute atomic E-state index is 0.111. The van der Waals surface area contributed by atoms with E-state index in [4.69, 9.17) is 23.2 Å². The van der Waals surface area contributed by atoms with Crippen LogP contribution in [0.2, 0.25) is 10.0 Å². The summed E-state index contributed by atoms with van der Waals surface area (Å²) >= 11 is 12.2. The summed E-state index contributed by atoms with van der Waals surface area (Å²) in [7, 11) is -3.68. The number of hydrogen-bond acceptors (Lipinski definition) is 3. The molecule has 0 aliphatic carbocycles. The third kappa shape index (κ3) is 5.69. The van der Waals surface area contributed by atoms with Crippen LogP contribution in [-0.2, 0) is 27.1 Å². The maximum Gasteiger partial charge on any atom is 0.224 e. The van der Waals surface area contributed by atoms with Crippen LogP contribution in [0.25, 0.3) is 0 Å². The number of sulfonamides is 1. The quantitative estimate of drug-likeness (QED) is 0.711. The Kier molecular flexibility index (Phi) is 7.16. The number of rotatable bonds is 6. The fourth-order valence-electron chi connectivity index (χ4n) is 3.29. The van der Waals surface area contributed by atoms with Crippen LogP contribution in [0.3, 0.4) is 0 Å². The third-order valence-electron chi connectivity index (χ3n) is 4.92. The largest absolute Gasteiger partial charge is 0.352 e. The molecule has 1 amide bonds. The molecule has 0 bridgehead atoms.